The van der Waals surface area contributed by atoms with Crippen molar-refractivity contribution in [1.29, 1.82) is 0 Å². The van der Waals surface area contributed by atoms with E-state index in [0.29, 0.717) is 11.3 Å². The Hall–Kier alpha value is -1.73. The van der Waals surface area contributed by atoms with Gasteiger partial charge in [-0.1, -0.05) is 0 Å². The zero-order valence-electron chi connectivity index (χ0n) is 9.79. The summed E-state index contributed by atoms with van der Waals surface area (Å²) in [5.41, 5.74) is 1.83. The van der Waals surface area contributed by atoms with Crippen LogP contribution in [0, 0.1) is 6.92 Å². The van der Waals surface area contributed by atoms with Crippen LogP contribution in [-0.2, 0) is 0 Å². The van der Waals surface area contributed by atoms with Crippen LogP contribution in [0.4, 0.5) is 0 Å². The molecule has 3 rings (SSSR count). The Balaban J connectivity index is 2.25. The van der Waals surface area contributed by atoms with E-state index in [2.05, 4.69) is 26.0 Å². The molecule has 0 aromatic carbocycles. The number of imidazole rings is 1. The van der Waals surface area contributed by atoms with E-state index in [1.165, 1.54) is 4.52 Å². The van der Waals surface area contributed by atoms with Gasteiger partial charge in [0.25, 0.3) is 0 Å². The highest BCUT2D eigenvalue weighted by atomic mass is 79.9. The van der Waals surface area contributed by atoms with Crippen LogP contribution in [0.1, 0.15) is 16.2 Å². The molecule has 0 saturated heterocycles. The van der Waals surface area contributed by atoms with E-state index in [9.17, 15) is 9.90 Å². The molecular formula is C12H8BrN3O2S. The first-order valence-corrected chi connectivity index (χ1v) is 7.07. The zero-order chi connectivity index (χ0) is 13.6. The number of thiophene rings is 1. The van der Waals surface area contributed by atoms with Gasteiger partial charge in [-0.05, 0) is 41.1 Å². The van der Waals surface area contributed by atoms with Crippen molar-refractivity contribution in [2.75, 3.05) is 0 Å². The Morgan fingerprint density at radius 2 is 2.26 bits per heavy atom. The first-order valence-electron chi connectivity index (χ1n) is 5.40. The summed E-state index contributed by atoms with van der Waals surface area (Å²) < 4.78 is 2.36. The number of aromatic nitrogens is 3. The van der Waals surface area contributed by atoms with Gasteiger partial charge >= 0.3 is 5.97 Å². The van der Waals surface area contributed by atoms with Crippen molar-refractivity contribution in [2.45, 2.75) is 6.92 Å². The van der Waals surface area contributed by atoms with Gasteiger partial charge in [-0.25, -0.2) is 14.3 Å². The molecule has 0 radical (unpaired) electrons. The normalized spacial score (nSPS) is 11.1. The first kappa shape index (κ1) is 12.3. The zero-order valence-corrected chi connectivity index (χ0v) is 12.2. The Kier molecular flexibility index (Phi) is 2.87. The van der Waals surface area contributed by atoms with E-state index >= 15 is 0 Å². The Morgan fingerprint density at radius 3 is 2.89 bits per heavy atom. The molecule has 19 heavy (non-hydrogen) atoms. The average Bonchev–Trinajstić information content (AvgIpc) is 2.90. The lowest BCUT2D eigenvalue weighted by atomic mass is 10.3. The third kappa shape index (κ3) is 2.04. The van der Waals surface area contributed by atoms with Crippen molar-refractivity contribution in [3.05, 3.63) is 39.4 Å². The molecule has 3 heterocycles. The van der Waals surface area contributed by atoms with Gasteiger partial charge in [-0.15, -0.1) is 11.3 Å². The smallest absolute Gasteiger partial charge is 0.356 e. The quantitative estimate of drug-likeness (QED) is 0.779. The van der Waals surface area contributed by atoms with Gasteiger partial charge in [0.05, 0.1) is 10.6 Å². The fourth-order valence-electron chi connectivity index (χ4n) is 1.87. The van der Waals surface area contributed by atoms with E-state index in [4.69, 9.17) is 0 Å². The Bertz CT molecular complexity index is 793. The van der Waals surface area contributed by atoms with Crippen molar-refractivity contribution < 1.29 is 9.90 Å². The van der Waals surface area contributed by atoms with Gasteiger partial charge in [-0.3, -0.25) is 0 Å². The van der Waals surface area contributed by atoms with Gasteiger partial charge in [0, 0.05) is 9.85 Å². The summed E-state index contributed by atoms with van der Waals surface area (Å²) in [6, 6.07) is 5.56. The summed E-state index contributed by atoms with van der Waals surface area (Å²) in [6.07, 6.45) is 0. The number of halogens is 1. The minimum absolute atomic E-state index is 0.104. The van der Waals surface area contributed by atoms with E-state index in [1.54, 1.807) is 24.3 Å². The van der Waals surface area contributed by atoms with E-state index < -0.39 is 5.97 Å². The van der Waals surface area contributed by atoms with Crippen molar-refractivity contribution in [3.63, 3.8) is 0 Å². The Morgan fingerprint density at radius 1 is 1.47 bits per heavy atom. The highest BCUT2D eigenvalue weighted by Gasteiger charge is 2.17. The molecule has 0 aliphatic rings. The van der Waals surface area contributed by atoms with E-state index in [-0.39, 0.29) is 5.69 Å². The number of hydrogen-bond acceptors (Lipinski definition) is 4. The molecule has 3 aromatic heterocycles. The number of carbonyl (C=O) groups is 1. The molecule has 1 N–H and O–H groups in total. The molecule has 0 spiro atoms. The second kappa shape index (κ2) is 4.43. The number of nitrogens with zero attached hydrogens (tertiary/aromatic N) is 3. The summed E-state index contributed by atoms with van der Waals surface area (Å²) >= 11 is 4.93. The van der Waals surface area contributed by atoms with E-state index in [0.717, 1.165) is 15.0 Å². The van der Waals surface area contributed by atoms with Crippen molar-refractivity contribution >= 4 is 38.9 Å². The van der Waals surface area contributed by atoms with E-state index in [1.807, 2.05) is 17.5 Å². The van der Waals surface area contributed by atoms with Gasteiger partial charge in [0.1, 0.15) is 5.69 Å². The second-order valence-corrected chi connectivity index (χ2v) is 5.80. The molecular weight excluding hydrogens is 330 g/mol. The molecule has 0 bridgehead atoms. The summed E-state index contributed by atoms with van der Waals surface area (Å²) in [5.74, 6) is -1.03. The molecule has 0 amide bonds. The third-order valence-electron chi connectivity index (χ3n) is 2.67. The standard InChI is InChI=1S/C12H8BrN3O2S/c1-6-11(12(17)18)16-10(14-6)3-2-8(15-16)9-4-7(13)5-19-9/h2-5H,1H3,(H,17,18). The molecule has 3 aromatic rings. The summed E-state index contributed by atoms with van der Waals surface area (Å²) in [4.78, 5) is 16.4. The topological polar surface area (TPSA) is 67.5 Å². The summed E-state index contributed by atoms with van der Waals surface area (Å²) in [6.45, 7) is 1.67. The van der Waals surface area contributed by atoms with Crippen molar-refractivity contribution in [3.8, 4) is 10.6 Å². The number of aromatic carboxylic acids is 1. The SMILES string of the molecule is Cc1nc2ccc(-c3cc(Br)cs3)nn2c1C(=O)O. The third-order valence-corrected chi connectivity index (χ3v) is 4.39. The molecule has 0 aliphatic heterocycles. The maximum absolute atomic E-state index is 11.2. The Labute approximate surface area is 120 Å². The number of aryl methyl sites for hydroxylation is 1. The fraction of sp³-hybridized carbons (Fsp3) is 0.0833. The van der Waals surface area contributed by atoms with Crippen LogP contribution in [0.2, 0.25) is 0 Å². The fourth-order valence-corrected chi connectivity index (χ4v) is 3.26. The molecule has 0 atom stereocenters. The number of fused-ring (bicyclic) bond motifs is 1. The van der Waals surface area contributed by atoms with Crippen LogP contribution < -0.4 is 0 Å². The summed E-state index contributed by atoms with van der Waals surface area (Å²) in [7, 11) is 0. The lowest BCUT2D eigenvalue weighted by Gasteiger charge is -2.00. The summed E-state index contributed by atoms with van der Waals surface area (Å²) in [5, 5.41) is 15.5. The molecule has 96 valence electrons. The molecule has 0 fully saturated rings. The van der Waals surface area contributed by atoms with Crippen LogP contribution in [-0.4, -0.2) is 25.7 Å². The number of carboxylic acids is 1. The van der Waals surface area contributed by atoms with Gasteiger partial charge in [0.15, 0.2) is 11.3 Å². The molecule has 0 saturated carbocycles. The maximum Gasteiger partial charge on any atom is 0.356 e. The molecule has 0 aliphatic carbocycles. The predicted octanol–water partition coefficient (Wildman–Crippen LogP) is 3.23. The van der Waals surface area contributed by atoms with Crippen LogP contribution >= 0.6 is 27.3 Å². The number of hydrogen-bond donors (Lipinski definition) is 1. The maximum atomic E-state index is 11.2. The van der Waals surface area contributed by atoms with Gasteiger partial charge < -0.3 is 5.11 Å². The second-order valence-electron chi connectivity index (χ2n) is 3.97. The predicted molar refractivity (Wildman–Crippen MR) is 75.7 cm³/mol. The van der Waals surface area contributed by atoms with Crippen molar-refractivity contribution in [1.82, 2.24) is 14.6 Å². The number of carboxylic acid groups (broad SMARTS) is 1. The van der Waals surface area contributed by atoms with Gasteiger partial charge in [-0.2, -0.15) is 5.10 Å². The minimum Gasteiger partial charge on any atom is -0.476 e. The van der Waals surface area contributed by atoms with Crippen LogP contribution in [0.15, 0.2) is 28.1 Å². The molecule has 0 unspecified atom stereocenters. The molecule has 5 nitrogen and oxygen atoms in total. The van der Waals surface area contributed by atoms with Crippen LogP contribution in [0.5, 0.6) is 0 Å². The van der Waals surface area contributed by atoms with Crippen molar-refractivity contribution in [2.24, 2.45) is 0 Å². The highest BCUT2D eigenvalue weighted by Crippen LogP contribution is 2.28. The minimum atomic E-state index is -1.03. The lowest BCUT2D eigenvalue weighted by molar-refractivity contribution is 0.0687. The lowest BCUT2D eigenvalue weighted by Crippen LogP contribution is -2.06. The highest BCUT2D eigenvalue weighted by molar-refractivity contribution is 9.10. The van der Waals surface area contributed by atoms with Crippen LogP contribution in [0.3, 0.4) is 0 Å². The van der Waals surface area contributed by atoms with Crippen LogP contribution in [0.25, 0.3) is 16.2 Å². The first-order chi connectivity index (χ1) is 9.06. The number of rotatable bonds is 2. The monoisotopic (exact) mass is 337 g/mol. The average molecular weight is 338 g/mol. The molecule has 7 heteroatoms. The largest absolute Gasteiger partial charge is 0.476 e. The van der Waals surface area contributed by atoms with Gasteiger partial charge in [0.2, 0.25) is 0 Å².